The number of hydrogen-bond donors (Lipinski definition) is 1. The molecule has 1 amide bonds. The fourth-order valence-corrected chi connectivity index (χ4v) is 5.45. The van der Waals surface area contributed by atoms with Gasteiger partial charge in [-0.25, -0.2) is 4.39 Å². The van der Waals surface area contributed by atoms with Crippen LogP contribution in [0.2, 0.25) is 0 Å². The Kier molecular flexibility index (Phi) is 8.56. The van der Waals surface area contributed by atoms with Crippen molar-refractivity contribution in [1.82, 2.24) is 9.80 Å². The number of fused-ring (bicyclic) bond motifs is 2. The molecule has 0 spiro atoms. The van der Waals surface area contributed by atoms with E-state index in [1.165, 1.54) is 18.4 Å². The minimum Gasteiger partial charge on any atom is -0.337 e. The zero-order chi connectivity index (χ0) is 18.1. The van der Waals surface area contributed by atoms with E-state index in [0.29, 0.717) is 42.8 Å². The zero-order valence-corrected chi connectivity index (χ0v) is 17.9. The molecule has 4 aliphatic heterocycles. The van der Waals surface area contributed by atoms with Crippen LogP contribution in [0.25, 0.3) is 0 Å². The average molecular weight is 432 g/mol. The lowest BCUT2D eigenvalue weighted by molar-refractivity contribution is -0.136. The van der Waals surface area contributed by atoms with Gasteiger partial charge in [-0.2, -0.15) is 0 Å². The van der Waals surface area contributed by atoms with Crippen molar-refractivity contribution in [2.75, 3.05) is 26.2 Å². The van der Waals surface area contributed by atoms with E-state index in [-0.39, 0.29) is 30.6 Å². The number of amides is 1. The molecule has 1 aromatic carbocycles. The fourth-order valence-electron chi connectivity index (χ4n) is 5.45. The van der Waals surface area contributed by atoms with Gasteiger partial charge in [0.2, 0.25) is 5.91 Å². The Morgan fingerprint density at radius 1 is 1.04 bits per heavy atom. The van der Waals surface area contributed by atoms with E-state index in [4.69, 9.17) is 5.73 Å². The Bertz CT molecular complexity index is 637. The second kappa shape index (κ2) is 10.2. The zero-order valence-electron chi connectivity index (χ0n) is 16.3. The summed E-state index contributed by atoms with van der Waals surface area (Å²) in [5.74, 6) is 1.04. The Morgan fingerprint density at radius 3 is 2.36 bits per heavy atom. The molecular weight excluding hydrogens is 400 g/mol. The third-order valence-corrected chi connectivity index (χ3v) is 6.71. The van der Waals surface area contributed by atoms with E-state index in [2.05, 4.69) is 9.80 Å². The number of hydrogen-bond acceptors (Lipinski definition) is 3. The highest BCUT2D eigenvalue weighted by Gasteiger charge is 2.54. The minimum absolute atomic E-state index is 0. The number of rotatable bonds is 6. The molecule has 4 heterocycles. The van der Waals surface area contributed by atoms with E-state index in [1.54, 1.807) is 12.1 Å². The van der Waals surface area contributed by atoms with Crippen LogP contribution in [0, 0.1) is 11.7 Å². The molecule has 4 aliphatic rings. The highest BCUT2D eigenvalue weighted by atomic mass is 35.5. The number of nitrogens with zero attached hydrogens (tertiary/aromatic N) is 2. The van der Waals surface area contributed by atoms with Crippen LogP contribution >= 0.6 is 24.8 Å². The van der Waals surface area contributed by atoms with Crippen molar-refractivity contribution >= 4 is 30.7 Å². The van der Waals surface area contributed by atoms with Gasteiger partial charge in [0, 0.05) is 24.9 Å². The largest absolute Gasteiger partial charge is 0.337 e. The monoisotopic (exact) mass is 431 g/mol. The molecule has 0 aromatic heterocycles. The molecule has 4 fully saturated rings. The van der Waals surface area contributed by atoms with Crippen LogP contribution in [0.5, 0.6) is 0 Å². The van der Waals surface area contributed by atoms with Gasteiger partial charge in [-0.3, -0.25) is 9.69 Å². The first-order chi connectivity index (χ1) is 12.7. The van der Waals surface area contributed by atoms with Gasteiger partial charge < -0.3 is 10.6 Å². The van der Waals surface area contributed by atoms with Crippen LogP contribution in [-0.4, -0.2) is 54.0 Å². The number of nitrogens with two attached hydrogens (primary N) is 1. The summed E-state index contributed by atoms with van der Waals surface area (Å²) in [6, 6.07) is 7.68. The number of piperidine rings is 3. The SMILES string of the molecule is Cl.Cl.NCCCCCC(=O)N1C[C@@H](c2ccc(F)cc2)[C@@H]2[C@H]1C1CCN2CC1. The summed E-state index contributed by atoms with van der Waals surface area (Å²) in [6.07, 6.45) is 5.99. The highest BCUT2D eigenvalue weighted by Crippen LogP contribution is 2.46. The smallest absolute Gasteiger partial charge is 0.222 e. The predicted octanol–water partition coefficient (Wildman–Crippen LogP) is 3.58. The van der Waals surface area contributed by atoms with Gasteiger partial charge in [-0.15, -0.1) is 24.8 Å². The molecule has 5 rings (SSSR count). The molecule has 4 saturated heterocycles. The van der Waals surface area contributed by atoms with E-state index in [1.807, 2.05) is 12.1 Å². The van der Waals surface area contributed by atoms with E-state index < -0.39 is 0 Å². The molecule has 0 saturated carbocycles. The number of benzene rings is 1. The van der Waals surface area contributed by atoms with Crippen LogP contribution in [0.15, 0.2) is 24.3 Å². The van der Waals surface area contributed by atoms with Crippen molar-refractivity contribution in [2.24, 2.45) is 11.7 Å². The first kappa shape index (κ1) is 23.4. The van der Waals surface area contributed by atoms with Crippen molar-refractivity contribution in [3.8, 4) is 0 Å². The number of carbonyl (C=O) groups excluding carboxylic acids is 1. The van der Waals surface area contributed by atoms with Crippen LogP contribution in [0.4, 0.5) is 4.39 Å². The van der Waals surface area contributed by atoms with Crippen LogP contribution in [0.3, 0.4) is 0 Å². The molecule has 2 N–H and O–H groups in total. The number of carbonyl (C=O) groups is 1. The van der Waals surface area contributed by atoms with Gasteiger partial charge in [0.1, 0.15) is 5.82 Å². The molecule has 158 valence electrons. The van der Waals surface area contributed by atoms with Gasteiger partial charge >= 0.3 is 0 Å². The summed E-state index contributed by atoms with van der Waals surface area (Å²) < 4.78 is 13.4. The van der Waals surface area contributed by atoms with Crippen molar-refractivity contribution in [2.45, 2.75) is 56.5 Å². The summed E-state index contributed by atoms with van der Waals surface area (Å²) in [7, 11) is 0. The van der Waals surface area contributed by atoms with E-state index >= 15 is 0 Å². The second-order valence-electron chi connectivity index (χ2n) is 8.16. The molecule has 0 radical (unpaired) electrons. The standard InChI is InChI=1S/C21H30FN3O.2ClH/c22-17-7-5-15(6-8-17)18-14-25(19(26)4-2-1-3-11-23)20-16-9-12-24(13-10-16)21(18)20;;/h5-8,16,18,20-21H,1-4,9-14,23H2;2*1H/t18-,20+,21+;;/m0../s1. The quantitative estimate of drug-likeness (QED) is 0.700. The van der Waals surface area contributed by atoms with Crippen molar-refractivity contribution in [1.29, 1.82) is 0 Å². The maximum atomic E-state index is 13.4. The Labute approximate surface area is 179 Å². The molecule has 0 unspecified atom stereocenters. The summed E-state index contributed by atoms with van der Waals surface area (Å²) in [5, 5.41) is 0. The highest BCUT2D eigenvalue weighted by molar-refractivity contribution is 5.85. The lowest BCUT2D eigenvalue weighted by Crippen LogP contribution is -2.60. The van der Waals surface area contributed by atoms with Gasteiger partial charge in [-0.05, 0) is 68.9 Å². The molecule has 7 heteroatoms. The van der Waals surface area contributed by atoms with E-state index in [0.717, 1.165) is 38.9 Å². The van der Waals surface area contributed by atoms with Crippen molar-refractivity contribution in [3.63, 3.8) is 0 Å². The molecule has 4 nitrogen and oxygen atoms in total. The van der Waals surface area contributed by atoms with Crippen molar-refractivity contribution in [3.05, 3.63) is 35.6 Å². The van der Waals surface area contributed by atoms with Crippen molar-refractivity contribution < 1.29 is 9.18 Å². The third-order valence-electron chi connectivity index (χ3n) is 6.71. The fraction of sp³-hybridized carbons (Fsp3) is 0.667. The van der Waals surface area contributed by atoms with Gasteiger partial charge in [0.15, 0.2) is 0 Å². The summed E-state index contributed by atoms with van der Waals surface area (Å²) in [4.78, 5) is 17.7. The average Bonchev–Trinajstić information content (AvgIpc) is 3.10. The van der Waals surface area contributed by atoms with Crippen LogP contribution in [-0.2, 0) is 4.79 Å². The third kappa shape index (κ3) is 4.48. The maximum Gasteiger partial charge on any atom is 0.222 e. The molecule has 28 heavy (non-hydrogen) atoms. The van der Waals surface area contributed by atoms with Gasteiger partial charge in [-0.1, -0.05) is 18.6 Å². The summed E-state index contributed by atoms with van der Waals surface area (Å²) in [6.45, 7) is 3.76. The lowest BCUT2D eigenvalue weighted by atomic mass is 9.75. The molecular formula is C21H32Cl2FN3O. The molecule has 3 atom stereocenters. The lowest BCUT2D eigenvalue weighted by Gasteiger charge is -2.51. The first-order valence-corrected chi connectivity index (χ1v) is 10.2. The van der Waals surface area contributed by atoms with Crippen LogP contribution < -0.4 is 5.73 Å². The predicted molar refractivity (Wildman–Crippen MR) is 115 cm³/mol. The van der Waals surface area contributed by atoms with Gasteiger partial charge in [0.25, 0.3) is 0 Å². The topological polar surface area (TPSA) is 49.6 Å². The maximum absolute atomic E-state index is 13.4. The minimum atomic E-state index is -0.193. The number of likely N-dealkylation sites (tertiary alicyclic amines) is 1. The molecule has 1 aromatic rings. The van der Waals surface area contributed by atoms with Crippen LogP contribution in [0.1, 0.15) is 50.0 Å². The summed E-state index contributed by atoms with van der Waals surface area (Å²) in [5.41, 5.74) is 6.74. The summed E-state index contributed by atoms with van der Waals surface area (Å²) >= 11 is 0. The Morgan fingerprint density at radius 2 is 1.71 bits per heavy atom. The Hall–Kier alpha value is -0.880. The second-order valence-corrected chi connectivity index (χ2v) is 8.16. The van der Waals surface area contributed by atoms with E-state index in [9.17, 15) is 9.18 Å². The first-order valence-electron chi connectivity index (χ1n) is 10.2. The normalized spacial score (nSPS) is 30.4. The number of halogens is 3. The number of unbranched alkanes of at least 4 members (excludes halogenated alkanes) is 2. The molecule has 0 aliphatic carbocycles. The Balaban J connectivity index is 0.00000140. The van der Waals surface area contributed by atoms with Gasteiger partial charge in [0.05, 0.1) is 6.04 Å². The molecule has 2 bridgehead atoms.